The van der Waals surface area contributed by atoms with Gasteiger partial charge < -0.3 is 13.9 Å². The Labute approximate surface area is 127 Å². The molecule has 21 heavy (non-hydrogen) atoms. The maximum atomic E-state index is 8.19. The highest BCUT2D eigenvalue weighted by Gasteiger charge is 2.07. The molecule has 0 atom stereocenters. The first-order valence-corrected chi connectivity index (χ1v) is 7.12. The van der Waals surface area contributed by atoms with Crippen LogP contribution < -0.4 is 10.4 Å². The normalized spacial score (nSPS) is 11.0. The molecule has 0 saturated heterocycles. The molecule has 0 fully saturated rings. The smallest absolute Gasteiger partial charge is 0.202 e. The van der Waals surface area contributed by atoms with E-state index in [1.165, 1.54) is 0 Å². The summed E-state index contributed by atoms with van der Waals surface area (Å²) in [4.78, 5) is 0. The Morgan fingerprint density at radius 1 is 1.05 bits per heavy atom. The summed E-state index contributed by atoms with van der Waals surface area (Å²) >= 11 is 6.06. The van der Waals surface area contributed by atoms with Crippen LogP contribution in [0.15, 0.2) is 48.5 Å². The minimum atomic E-state index is 0.457. The van der Waals surface area contributed by atoms with Gasteiger partial charge in [0.1, 0.15) is 12.4 Å². The molecule has 0 spiro atoms. The second-order valence-electron chi connectivity index (χ2n) is 4.80. The number of rotatable bonds is 4. The van der Waals surface area contributed by atoms with Crippen LogP contribution in [0, 0.1) is 5.41 Å². The molecule has 0 aliphatic heterocycles. The molecule has 4 nitrogen and oxygen atoms in total. The van der Waals surface area contributed by atoms with Gasteiger partial charge in [0, 0.05) is 7.05 Å². The van der Waals surface area contributed by atoms with Crippen LogP contribution in [0.1, 0.15) is 0 Å². The van der Waals surface area contributed by atoms with Gasteiger partial charge in [-0.25, -0.2) is 0 Å². The molecule has 108 valence electrons. The molecule has 3 rings (SSSR count). The quantitative estimate of drug-likeness (QED) is 0.790. The molecule has 0 saturated carbocycles. The molecule has 1 heterocycles. The number of fused-ring (bicyclic) bond motifs is 1. The maximum absolute atomic E-state index is 8.19. The lowest BCUT2D eigenvalue weighted by Gasteiger charge is -2.09. The lowest BCUT2D eigenvalue weighted by Crippen LogP contribution is -2.24. The largest absolute Gasteiger partial charge is 0.490 e. The number of aromatic nitrogens is 2. The molecule has 0 amide bonds. The molecule has 0 aliphatic carbocycles. The number of benzene rings is 2. The minimum Gasteiger partial charge on any atom is -0.490 e. The van der Waals surface area contributed by atoms with Crippen molar-refractivity contribution in [3.05, 3.63) is 59.2 Å². The van der Waals surface area contributed by atoms with Crippen molar-refractivity contribution in [2.45, 2.75) is 6.54 Å². The van der Waals surface area contributed by atoms with Crippen LogP contribution in [0.25, 0.3) is 11.0 Å². The van der Waals surface area contributed by atoms with Crippen molar-refractivity contribution in [2.24, 2.45) is 7.05 Å². The molecule has 1 N–H and O–H groups in total. The summed E-state index contributed by atoms with van der Waals surface area (Å²) in [5.74, 6) is 0.673. The van der Waals surface area contributed by atoms with Gasteiger partial charge in [-0.2, -0.15) is 0 Å². The van der Waals surface area contributed by atoms with E-state index in [1.807, 2.05) is 58.6 Å². The van der Waals surface area contributed by atoms with Gasteiger partial charge in [-0.15, -0.1) is 0 Å². The van der Waals surface area contributed by atoms with Gasteiger partial charge in [0.2, 0.25) is 5.62 Å². The van der Waals surface area contributed by atoms with E-state index in [2.05, 4.69) is 0 Å². The summed E-state index contributed by atoms with van der Waals surface area (Å²) in [5.41, 5.74) is 2.53. The predicted molar refractivity (Wildman–Crippen MR) is 83.7 cm³/mol. The van der Waals surface area contributed by atoms with Crippen molar-refractivity contribution in [1.29, 1.82) is 5.41 Å². The van der Waals surface area contributed by atoms with E-state index in [4.69, 9.17) is 21.7 Å². The number of nitrogens with one attached hydrogen (secondary N) is 1. The van der Waals surface area contributed by atoms with Crippen LogP contribution in [0.5, 0.6) is 5.75 Å². The standard InChI is InChI=1S/C16H16ClN3O/c1-19-13-7-3-4-8-14(13)20(16(19)18)10-11-21-15-9-5-2-6-12(15)17/h2-9,18H,10-11H2,1H3. The van der Waals surface area contributed by atoms with E-state index in [9.17, 15) is 0 Å². The first-order chi connectivity index (χ1) is 10.2. The zero-order valence-electron chi connectivity index (χ0n) is 11.7. The zero-order chi connectivity index (χ0) is 14.8. The summed E-state index contributed by atoms with van der Waals surface area (Å²) in [6, 6.07) is 15.4. The third-order valence-electron chi connectivity index (χ3n) is 3.52. The first kappa shape index (κ1) is 13.8. The van der Waals surface area contributed by atoms with E-state index in [-0.39, 0.29) is 0 Å². The fourth-order valence-electron chi connectivity index (χ4n) is 2.42. The van der Waals surface area contributed by atoms with E-state index in [0.717, 1.165) is 11.0 Å². The van der Waals surface area contributed by atoms with Crippen molar-refractivity contribution in [3.8, 4) is 5.75 Å². The van der Waals surface area contributed by atoms with Crippen LogP contribution in [0.2, 0.25) is 5.02 Å². The second-order valence-corrected chi connectivity index (χ2v) is 5.21. The Morgan fingerprint density at radius 2 is 1.71 bits per heavy atom. The van der Waals surface area contributed by atoms with Gasteiger partial charge in [-0.05, 0) is 24.3 Å². The number of nitrogens with zero attached hydrogens (tertiary/aromatic N) is 2. The summed E-state index contributed by atoms with van der Waals surface area (Å²) < 4.78 is 9.51. The fourth-order valence-corrected chi connectivity index (χ4v) is 2.61. The average Bonchev–Trinajstić information content (AvgIpc) is 2.74. The first-order valence-electron chi connectivity index (χ1n) is 6.74. The molecule has 0 aliphatic rings. The van der Waals surface area contributed by atoms with E-state index in [1.54, 1.807) is 6.07 Å². The maximum Gasteiger partial charge on any atom is 0.202 e. The fraction of sp³-hybridized carbons (Fsp3) is 0.188. The van der Waals surface area contributed by atoms with Crippen molar-refractivity contribution < 1.29 is 4.74 Å². The molecule has 0 bridgehead atoms. The third kappa shape index (κ3) is 2.54. The van der Waals surface area contributed by atoms with Gasteiger partial charge in [-0.1, -0.05) is 35.9 Å². The highest BCUT2D eigenvalue weighted by Crippen LogP contribution is 2.23. The number of ether oxygens (including phenoxy) is 1. The second kappa shape index (κ2) is 5.66. The van der Waals surface area contributed by atoms with Crippen molar-refractivity contribution >= 4 is 22.6 Å². The van der Waals surface area contributed by atoms with E-state index < -0.39 is 0 Å². The molecule has 3 aromatic rings. The van der Waals surface area contributed by atoms with Crippen LogP contribution >= 0.6 is 11.6 Å². The molecule has 0 unspecified atom stereocenters. The lowest BCUT2D eigenvalue weighted by atomic mass is 10.3. The minimum absolute atomic E-state index is 0.457. The van der Waals surface area contributed by atoms with E-state index >= 15 is 0 Å². The SMILES string of the molecule is Cn1c(=N)n(CCOc2ccccc2Cl)c2ccccc21. The lowest BCUT2D eigenvalue weighted by molar-refractivity contribution is 0.297. The number of hydrogen-bond acceptors (Lipinski definition) is 2. The zero-order valence-corrected chi connectivity index (χ0v) is 12.5. The van der Waals surface area contributed by atoms with Crippen molar-refractivity contribution in [2.75, 3.05) is 6.61 Å². The number of hydrogen-bond donors (Lipinski definition) is 1. The molecular formula is C16H16ClN3O. The highest BCUT2D eigenvalue weighted by molar-refractivity contribution is 6.32. The molecular weight excluding hydrogens is 286 g/mol. The predicted octanol–water partition coefficient (Wildman–Crippen LogP) is 3.19. The van der Waals surface area contributed by atoms with Crippen LogP contribution in [0.4, 0.5) is 0 Å². The molecule has 5 heteroatoms. The summed E-state index contributed by atoms with van der Waals surface area (Å²) in [7, 11) is 1.90. The van der Waals surface area contributed by atoms with Gasteiger partial charge in [-0.3, -0.25) is 5.41 Å². The third-order valence-corrected chi connectivity index (χ3v) is 3.83. The Bertz CT molecular complexity index is 835. The van der Waals surface area contributed by atoms with Crippen molar-refractivity contribution in [1.82, 2.24) is 9.13 Å². The van der Waals surface area contributed by atoms with Gasteiger partial charge >= 0.3 is 0 Å². The Kier molecular flexibility index (Phi) is 3.71. The monoisotopic (exact) mass is 301 g/mol. The van der Waals surface area contributed by atoms with E-state index in [0.29, 0.717) is 29.5 Å². The average molecular weight is 302 g/mol. The summed E-state index contributed by atoms with van der Waals surface area (Å²) in [6.07, 6.45) is 0. The number of para-hydroxylation sites is 3. The Hall–Kier alpha value is -2.20. The topological polar surface area (TPSA) is 42.9 Å². The Morgan fingerprint density at radius 3 is 2.48 bits per heavy atom. The van der Waals surface area contributed by atoms with Crippen LogP contribution in [-0.4, -0.2) is 15.7 Å². The van der Waals surface area contributed by atoms with Gasteiger partial charge in [0.25, 0.3) is 0 Å². The van der Waals surface area contributed by atoms with Gasteiger partial charge in [0.05, 0.1) is 22.6 Å². The molecule has 1 aromatic heterocycles. The van der Waals surface area contributed by atoms with Crippen LogP contribution in [0.3, 0.4) is 0 Å². The molecule has 0 radical (unpaired) electrons. The summed E-state index contributed by atoms with van der Waals surface area (Å²) in [6.45, 7) is 1.07. The summed E-state index contributed by atoms with van der Waals surface area (Å²) in [5, 5.41) is 8.80. The Balaban J connectivity index is 1.82. The highest BCUT2D eigenvalue weighted by atomic mass is 35.5. The molecule has 2 aromatic carbocycles. The van der Waals surface area contributed by atoms with Gasteiger partial charge in [0.15, 0.2) is 0 Å². The van der Waals surface area contributed by atoms with Crippen molar-refractivity contribution in [3.63, 3.8) is 0 Å². The number of aryl methyl sites for hydroxylation is 1. The number of imidazole rings is 1. The number of halogens is 1. The van der Waals surface area contributed by atoms with Crippen LogP contribution in [-0.2, 0) is 13.6 Å².